The maximum atomic E-state index is 5.37. The Balaban J connectivity index is 1.94. The lowest BCUT2D eigenvalue weighted by atomic mass is 9.93. The molecular weight excluding hydrogens is 186 g/mol. The zero-order valence-corrected chi connectivity index (χ0v) is 10.4. The third-order valence-corrected chi connectivity index (χ3v) is 3.33. The Morgan fingerprint density at radius 1 is 1.33 bits per heavy atom. The van der Waals surface area contributed by atoms with Crippen LogP contribution in [-0.2, 0) is 4.74 Å². The minimum atomic E-state index is 0.699. The molecule has 0 spiro atoms. The third kappa shape index (κ3) is 6.16. The number of ether oxygens (including phenoxy) is 1. The summed E-state index contributed by atoms with van der Waals surface area (Å²) in [5.41, 5.74) is 0. The van der Waals surface area contributed by atoms with Crippen LogP contribution in [-0.4, -0.2) is 25.8 Å². The summed E-state index contributed by atoms with van der Waals surface area (Å²) < 4.78 is 5.37. The molecule has 90 valence electrons. The van der Waals surface area contributed by atoms with Gasteiger partial charge in [-0.15, -0.1) is 0 Å². The molecule has 0 bridgehead atoms. The molecule has 1 heterocycles. The van der Waals surface area contributed by atoms with E-state index in [0.29, 0.717) is 6.04 Å². The van der Waals surface area contributed by atoms with E-state index in [2.05, 4.69) is 19.2 Å². The zero-order valence-electron chi connectivity index (χ0n) is 10.4. The van der Waals surface area contributed by atoms with E-state index < -0.39 is 0 Å². The molecule has 1 aliphatic heterocycles. The molecule has 1 N–H and O–H groups in total. The highest BCUT2D eigenvalue weighted by Crippen LogP contribution is 2.21. The predicted octanol–water partition coefficient (Wildman–Crippen LogP) is 2.97. The van der Waals surface area contributed by atoms with Gasteiger partial charge in [-0.1, -0.05) is 19.8 Å². The van der Waals surface area contributed by atoms with Crippen molar-refractivity contribution < 1.29 is 4.74 Å². The maximum Gasteiger partial charge on any atom is 0.0468 e. The molecule has 0 aromatic heterocycles. The van der Waals surface area contributed by atoms with Crippen molar-refractivity contribution in [1.29, 1.82) is 0 Å². The lowest BCUT2D eigenvalue weighted by molar-refractivity contribution is 0.0630. The van der Waals surface area contributed by atoms with Crippen molar-refractivity contribution in [2.75, 3.05) is 19.8 Å². The minimum absolute atomic E-state index is 0.699. The average Bonchev–Trinajstić information content (AvgIpc) is 2.28. The largest absolute Gasteiger partial charge is 0.381 e. The van der Waals surface area contributed by atoms with Crippen LogP contribution in [0.2, 0.25) is 0 Å². The molecule has 0 radical (unpaired) electrons. The van der Waals surface area contributed by atoms with Gasteiger partial charge in [0.2, 0.25) is 0 Å². The molecule has 1 rings (SSSR count). The Bertz CT molecular complexity index is 143. The van der Waals surface area contributed by atoms with Crippen LogP contribution >= 0.6 is 0 Å². The monoisotopic (exact) mass is 213 g/mol. The molecule has 1 aliphatic rings. The molecule has 0 aromatic rings. The van der Waals surface area contributed by atoms with Gasteiger partial charge in [0.15, 0.2) is 0 Å². The van der Waals surface area contributed by atoms with E-state index in [9.17, 15) is 0 Å². The first kappa shape index (κ1) is 13.0. The zero-order chi connectivity index (χ0) is 10.9. The molecule has 0 aliphatic carbocycles. The van der Waals surface area contributed by atoms with Gasteiger partial charge >= 0.3 is 0 Å². The second-order valence-corrected chi connectivity index (χ2v) is 4.84. The number of hydrogen-bond acceptors (Lipinski definition) is 2. The molecule has 2 nitrogen and oxygen atoms in total. The van der Waals surface area contributed by atoms with E-state index in [4.69, 9.17) is 4.74 Å². The Hall–Kier alpha value is -0.0800. The van der Waals surface area contributed by atoms with Crippen molar-refractivity contribution in [3.63, 3.8) is 0 Å². The second kappa shape index (κ2) is 8.12. The topological polar surface area (TPSA) is 21.3 Å². The van der Waals surface area contributed by atoms with Crippen molar-refractivity contribution in [2.45, 2.75) is 58.4 Å². The van der Waals surface area contributed by atoms with Crippen molar-refractivity contribution in [3.8, 4) is 0 Å². The van der Waals surface area contributed by atoms with Gasteiger partial charge in [-0.25, -0.2) is 0 Å². The summed E-state index contributed by atoms with van der Waals surface area (Å²) in [5.74, 6) is 0.942. The standard InChI is InChI=1S/C13H27NO/c1-3-9-14-12(2)5-4-6-13-7-10-15-11-8-13/h12-14H,3-11H2,1-2H3. The van der Waals surface area contributed by atoms with Crippen molar-refractivity contribution >= 4 is 0 Å². The van der Waals surface area contributed by atoms with Crippen LogP contribution in [0.25, 0.3) is 0 Å². The van der Waals surface area contributed by atoms with Gasteiger partial charge in [-0.05, 0) is 45.1 Å². The van der Waals surface area contributed by atoms with E-state index in [1.54, 1.807) is 0 Å². The minimum Gasteiger partial charge on any atom is -0.381 e. The molecule has 2 heteroatoms. The molecule has 0 amide bonds. The van der Waals surface area contributed by atoms with Crippen molar-refractivity contribution in [3.05, 3.63) is 0 Å². The highest BCUT2D eigenvalue weighted by molar-refractivity contribution is 4.66. The van der Waals surface area contributed by atoms with Crippen LogP contribution < -0.4 is 5.32 Å². The first-order valence-corrected chi connectivity index (χ1v) is 6.64. The van der Waals surface area contributed by atoms with Gasteiger partial charge in [-0.2, -0.15) is 0 Å². The SMILES string of the molecule is CCCNC(C)CCCC1CCOCC1. The Morgan fingerprint density at radius 3 is 2.73 bits per heavy atom. The summed E-state index contributed by atoms with van der Waals surface area (Å²) in [6.07, 6.45) is 7.93. The lowest BCUT2D eigenvalue weighted by Gasteiger charge is -2.22. The van der Waals surface area contributed by atoms with Crippen LogP contribution in [0.15, 0.2) is 0 Å². The fourth-order valence-corrected chi connectivity index (χ4v) is 2.24. The normalized spacial score (nSPS) is 20.4. The summed E-state index contributed by atoms with van der Waals surface area (Å²) in [6, 6.07) is 0.699. The van der Waals surface area contributed by atoms with E-state index >= 15 is 0 Å². The average molecular weight is 213 g/mol. The predicted molar refractivity (Wildman–Crippen MR) is 65.1 cm³/mol. The van der Waals surface area contributed by atoms with Crippen LogP contribution in [0.5, 0.6) is 0 Å². The maximum absolute atomic E-state index is 5.37. The fraction of sp³-hybridized carbons (Fsp3) is 1.00. The van der Waals surface area contributed by atoms with Gasteiger partial charge in [0, 0.05) is 19.3 Å². The first-order valence-electron chi connectivity index (χ1n) is 6.64. The van der Waals surface area contributed by atoms with Crippen LogP contribution in [0.4, 0.5) is 0 Å². The number of rotatable bonds is 7. The number of nitrogens with one attached hydrogen (secondary N) is 1. The van der Waals surface area contributed by atoms with Crippen LogP contribution in [0, 0.1) is 5.92 Å². The van der Waals surface area contributed by atoms with E-state index in [1.807, 2.05) is 0 Å². The second-order valence-electron chi connectivity index (χ2n) is 4.84. The number of hydrogen-bond donors (Lipinski definition) is 1. The molecule has 1 unspecified atom stereocenters. The highest BCUT2D eigenvalue weighted by atomic mass is 16.5. The quantitative estimate of drug-likeness (QED) is 0.702. The van der Waals surface area contributed by atoms with E-state index in [1.165, 1.54) is 45.1 Å². The smallest absolute Gasteiger partial charge is 0.0468 e. The molecule has 0 saturated carbocycles. The molecule has 1 atom stereocenters. The third-order valence-electron chi connectivity index (χ3n) is 3.33. The summed E-state index contributed by atoms with van der Waals surface area (Å²) in [4.78, 5) is 0. The Labute approximate surface area is 94.8 Å². The van der Waals surface area contributed by atoms with Crippen LogP contribution in [0.1, 0.15) is 52.4 Å². The molecule has 1 saturated heterocycles. The summed E-state index contributed by atoms with van der Waals surface area (Å²) >= 11 is 0. The highest BCUT2D eigenvalue weighted by Gasteiger charge is 2.13. The van der Waals surface area contributed by atoms with Gasteiger partial charge in [0.1, 0.15) is 0 Å². The lowest BCUT2D eigenvalue weighted by Crippen LogP contribution is -2.26. The molecule has 0 aromatic carbocycles. The summed E-state index contributed by atoms with van der Waals surface area (Å²) in [7, 11) is 0. The summed E-state index contributed by atoms with van der Waals surface area (Å²) in [6.45, 7) is 7.68. The van der Waals surface area contributed by atoms with Gasteiger partial charge in [0.05, 0.1) is 0 Å². The molecule has 15 heavy (non-hydrogen) atoms. The van der Waals surface area contributed by atoms with Gasteiger partial charge in [0.25, 0.3) is 0 Å². The van der Waals surface area contributed by atoms with Gasteiger partial charge < -0.3 is 10.1 Å². The van der Waals surface area contributed by atoms with Gasteiger partial charge in [-0.3, -0.25) is 0 Å². The molecule has 1 fully saturated rings. The Kier molecular flexibility index (Phi) is 7.03. The summed E-state index contributed by atoms with van der Waals surface area (Å²) in [5, 5.41) is 3.55. The van der Waals surface area contributed by atoms with E-state index in [0.717, 1.165) is 19.1 Å². The fourth-order valence-electron chi connectivity index (χ4n) is 2.24. The first-order chi connectivity index (χ1) is 7.33. The Morgan fingerprint density at radius 2 is 2.07 bits per heavy atom. The van der Waals surface area contributed by atoms with E-state index in [-0.39, 0.29) is 0 Å². The van der Waals surface area contributed by atoms with Crippen molar-refractivity contribution in [2.24, 2.45) is 5.92 Å². The molecular formula is C13H27NO. The van der Waals surface area contributed by atoms with Crippen molar-refractivity contribution in [1.82, 2.24) is 5.32 Å². The van der Waals surface area contributed by atoms with Crippen LogP contribution in [0.3, 0.4) is 0 Å².